The van der Waals surface area contributed by atoms with Crippen molar-refractivity contribution in [1.29, 1.82) is 0 Å². The first kappa shape index (κ1) is 13.5. The van der Waals surface area contributed by atoms with E-state index in [1.807, 2.05) is 11.8 Å². The van der Waals surface area contributed by atoms with Crippen molar-refractivity contribution in [2.45, 2.75) is 32.8 Å². The molecule has 0 amide bonds. The van der Waals surface area contributed by atoms with Crippen molar-refractivity contribution in [2.24, 2.45) is 5.92 Å². The first-order valence-electron chi connectivity index (χ1n) is 6.91. The highest BCUT2D eigenvalue weighted by molar-refractivity contribution is 7.20. The van der Waals surface area contributed by atoms with Gasteiger partial charge >= 0.3 is 0 Å². The summed E-state index contributed by atoms with van der Waals surface area (Å²) in [6.45, 7) is 5.45. The lowest BCUT2D eigenvalue weighted by Gasteiger charge is -2.33. The summed E-state index contributed by atoms with van der Waals surface area (Å²) in [6.07, 6.45) is 1.32. The molecular formula is C13H18N4O2S. The van der Waals surface area contributed by atoms with Gasteiger partial charge in [0.2, 0.25) is 10.1 Å². The number of hydrogen-bond donors (Lipinski definition) is 1. The summed E-state index contributed by atoms with van der Waals surface area (Å²) >= 11 is 1.41. The molecule has 3 heterocycles. The average Bonchev–Trinajstić information content (AvgIpc) is 2.86. The van der Waals surface area contributed by atoms with Gasteiger partial charge in [-0.15, -0.1) is 5.10 Å². The molecular weight excluding hydrogens is 276 g/mol. The lowest BCUT2D eigenvalue weighted by Crippen LogP contribution is -2.43. The highest BCUT2D eigenvalue weighted by atomic mass is 32.1. The van der Waals surface area contributed by atoms with Crippen LogP contribution in [0.2, 0.25) is 0 Å². The smallest absolute Gasteiger partial charge is 0.275 e. The molecule has 108 valence electrons. The van der Waals surface area contributed by atoms with Crippen LogP contribution in [0.1, 0.15) is 26.0 Å². The summed E-state index contributed by atoms with van der Waals surface area (Å²) in [4.78, 5) is 19.1. The van der Waals surface area contributed by atoms with E-state index in [-0.39, 0.29) is 11.7 Å². The van der Waals surface area contributed by atoms with Gasteiger partial charge in [-0.05, 0) is 18.8 Å². The standard InChI is InChI=1S/C13H18N4O2S/c1-3-9-6-11(19)17-12(14-9)20-13(15-17)16-5-4-8(2)10(18)7-16/h6,8,10,18H,3-5,7H2,1-2H3. The zero-order valence-electron chi connectivity index (χ0n) is 11.6. The van der Waals surface area contributed by atoms with Gasteiger partial charge in [0, 0.05) is 24.8 Å². The predicted octanol–water partition coefficient (Wildman–Crippen LogP) is 0.920. The van der Waals surface area contributed by atoms with E-state index in [0.717, 1.165) is 30.2 Å². The van der Waals surface area contributed by atoms with Crippen LogP contribution in [0, 0.1) is 5.92 Å². The fourth-order valence-corrected chi connectivity index (χ4v) is 3.34. The minimum Gasteiger partial charge on any atom is -0.391 e. The molecule has 20 heavy (non-hydrogen) atoms. The number of piperidine rings is 1. The van der Waals surface area contributed by atoms with Gasteiger partial charge in [0.05, 0.1) is 6.10 Å². The van der Waals surface area contributed by atoms with Crippen LogP contribution in [-0.4, -0.2) is 38.9 Å². The number of hydrogen-bond acceptors (Lipinski definition) is 6. The number of aliphatic hydroxyl groups excluding tert-OH is 1. The van der Waals surface area contributed by atoms with E-state index in [1.165, 1.54) is 21.9 Å². The Morgan fingerprint density at radius 3 is 3.05 bits per heavy atom. The number of β-amino-alcohol motifs (C(OH)–C–C–N with tert-alkyl or cyclic N) is 1. The molecule has 2 atom stereocenters. The van der Waals surface area contributed by atoms with Crippen molar-refractivity contribution in [3.05, 3.63) is 22.1 Å². The van der Waals surface area contributed by atoms with Crippen LogP contribution in [0.25, 0.3) is 4.96 Å². The molecule has 2 aromatic heterocycles. The van der Waals surface area contributed by atoms with Crippen molar-refractivity contribution < 1.29 is 5.11 Å². The summed E-state index contributed by atoms with van der Waals surface area (Å²) in [5.41, 5.74) is 0.651. The van der Waals surface area contributed by atoms with Gasteiger partial charge in [-0.2, -0.15) is 4.52 Å². The lowest BCUT2D eigenvalue weighted by atomic mass is 9.96. The average molecular weight is 294 g/mol. The van der Waals surface area contributed by atoms with Crippen molar-refractivity contribution in [1.82, 2.24) is 14.6 Å². The van der Waals surface area contributed by atoms with Crippen LogP contribution < -0.4 is 10.5 Å². The zero-order chi connectivity index (χ0) is 14.3. The Bertz CT molecular complexity index is 681. The molecule has 0 radical (unpaired) electrons. The molecule has 1 aliphatic heterocycles. The monoisotopic (exact) mass is 294 g/mol. The highest BCUT2D eigenvalue weighted by Crippen LogP contribution is 2.26. The van der Waals surface area contributed by atoms with E-state index in [4.69, 9.17) is 0 Å². The van der Waals surface area contributed by atoms with Crippen molar-refractivity contribution in [3.63, 3.8) is 0 Å². The molecule has 1 N–H and O–H groups in total. The maximum Gasteiger partial charge on any atom is 0.275 e. The number of nitrogens with zero attached hydrogens (tertiary/aromatic N) is 4. The molecule has 0 aliphatic carbocycles. The number of aromatic nitrogens is 3. The second-order valence-electron chi connectivity index (χ2n) is 5.30. The van der Waals surface area contributed by atoms with Gasteiger partial charge < -0.3 is 10.0 Å². The third kappa shape index (κ3) is 2.31. The van der Waals surface area contributed by atoms with Gasteiger partial charge in [-0.1, -0.05) is 25.2 Å². The van der Waals surface area contributed by atoms with E-state index in [2.05, 4.69) is 17.0 Å². The lowest BCUT2D eigenvalue weighted by molar-refractivity contribution is 0.103. The molecule has 1 fully saturated rings. The maximum atomic E-state index is 12.0. The number of aryl methyl sites for hydroxylation is 1. The SMILES string of the molecule is CCc1cc(=O)n2nc(N3CCC(C)C(O)C3)sc2n1. The number of anilines is 1. The zero-order valence-corrected chi connectivity index (χ0v) is 12.4. The molecule has 0 saturated carbocycles. The van der Waals surface area contributed by atoms with Gasteiger partial charge in [0.1, 0.15) is 0 Å². The Labute approximate surface area is 120 Å². The molecule has 1 saturated heterocycles. The molecule has 2 aromatic rings. The Hall–Kier alpha value is -1.47. The fraction of sp³-hybridized carbons (Fsp3) is 0.615. The van der Waals surface area contributed by atoms with Gasteiger partial charge in [-0.3, -0.25) is 4.79 Å². The Morgan fingerprint density at radius 2 is 2.35 bits per heavy atom. The van der Waals surface area contributed by atoms with E-state index in [9.17, 15) is 9.90 Å². The summed E-state index contributed by atoms with van der Waals surface area (Å²) in [6, 6.07) is 1.53. The molecule has 1 aliphatic rings. The molecule has 6 nitrogen and oxygen atoms in total. The summed E-state index contributed by atoms with van der Waals surface area (Å²) < 4.78 is 1.35. The fourth-order valence-electron chi connectivity index (χ4n) is 2.38. The first-order valence-corrected chi connectivity index (χ1v) is 7.73. The third-order valence-corrected chi connectivity index (χ3v) is 4.81. The second-order valence-corrected chi connectivity index (χ2v) is 6.23. The Morgan fingerprint density at radius 1 is 1.55 bits per heavy atom. The quantitative estimate of drug-likeness (QED) is 0.892. The van der Waals surface area contributed by atoms with Gasteiger partial charge in [-0.25, -0.2) is 4.98 Å². The van der Waals surface area contributed by atoms with Crippen molar-refractivity contribution in [3.8, 4) is 0 Å². The molecule has 0 bridgehead atoms. The van der Waals surface area contributed by atoms with Crippen molar-refractivity contribution in [2.75, 3.05) is 18.0 Å². The second kappa shape index (κ2) is 5.14. The predicted molar refractivity (Wildman–Crippen MR) is 78.5 cm³/mol. The maximum absolute atomic E-state index is 12.0. The molecule has 3 rings (SSSR count). The summed E-state index contributed by atoms with van der Waals surface area (Å²) in [5, 5.41) is 15.1. The number of fused-ring (bicyclic) bond motifs is 1. The van der Waals surface area contributed by atoms with Crippen LogP contribution in [0.4, 0.5) is 5.13 Å². The highest BCUT2D eigenvalue weighted by Gasteiger charge is 2.26. The van der Waals surface area contributed by atoms with Crippen LogP contribution in [0.5, 0.6) is 0 Å². The van der Waals surface area contributed by atoms with E-state index < -0.39 is 0 Å². The van der Waals surface area contributed by atoms with E-state index >= 15 is 0 Å². The van der Waals surface area contributed by atoms with E-state index in [0.29, 0.717) is 17.4 Å². The summed E-state index contributed by atoms with van der Waals surface area (Å²) in [7, 11) is 0. The number of rotatable bonds is 2. The largest absolute Gasteiger partial charge is 0.391 e. The minimum absolute atomic E-state index is 0.139. The Balaban J connectivity index is 1.97. The normalized spacial score (nSPS) is 23.4. The molecule has 0 spiro atoms. The first-order chi connectivity index (χ1) is 9.58. The van der Waals surface area contributed by atoms with Gasteiger partial charge in [0.25, 0.3) is 5.56 Å². The van der Waals surface area contributed by atoms with Crippen LogP contribution in [0.15, 0.2) is 10.9 Å². The third-order valence-electron chi connectivity index (χ3n) is 3.84. The van der Waals surface area contributed by atoms with Crippen LogP contribution in [-0.2, 0) is 6.42 Å². The molecule has 7 heteroatoms. The Kier molecular flexibility index (Phi) is 3.47. The molecule has 2 unspecified atom stereocenters. The van der Waals surface area contributed by atoms with Crippen LogP contribution in [0.3, 0.4) is 0 Å². The topological polar surface area (TPSA) is 70.7 Å². The molecule has 0 aromatic carbocycles. The van der Waals surface area contributed by atoms with E-state index in [1.54, 1.807) is 0 Å². The number of aliphatic hydroxyl groups is 1. The van der Waals surface area contributed by atoms with Crippen LogP contribution >= 0.6 is 11.3 Å². The van der Waals surface area contributed by atoms with Gasteiger partial charge in [0.15, 0.2) is 0 Å². The van der Waals surface area contributed by atoms with Crippen molar-refractivity contribution >= 4 is 21.4 Å². The minimum atomic E-state index is -0.341. The summed E-state index contributed by atoms with van der Waals surface area (Å²) in [5.74, 6) is 0.313.